The van der Waals surface area contributed by atoms with Crippen LogP contribution in [-0.2, 0) is 7.05 Å². The molecule has 84 valence electrons. The smallest absolute Gasteiger partial charge is 0.289 e. The van der Waals surface area contributed by atoms with Crippen LogP contribution in [0.5, 0.6) is 0 Å². The average molecular weight is 210 g/mol. The van der Waals surface area contributed by atoms with Crippen LogP contribution in [0.2, 0.25) is 0 Å². The van der Waals surface area contributed by atoms with E-state index in [-0.39, 0.29) is 5.69 Å². The van der Waals surface area contributed by atoms with E-state index in [1.807, 2.05) is 27.7 Å². The van der Waals surface area contributed by atoms with Crippen LogP contribution in [0.4, 0.5) is 0 Å². The zero-order valence-electron chi connectivity index (χ0n) is 9.90. The van der Waals surface area contributed by atoms with Crippen LogP contribution in [0, 0.1) is 0 Å². The Hall–Kier alpha value is -1.65. The molecular formula is C10H18N4O. The second-order valence-electron chi connectivity index (χ2n) is 2.22. The van der Waals surface area contributed by atoms with Crippen molar-refractivity contribution in [2.45, 2.75) is 27.7 Å². The van der Waals surface area contributed by atoms with Crippen molar-refractivity contribution in [1.29, 1.82) is 0 Å². The number of aryl methyl sites for hydroxylation is 1. The average Bonchev–Trinajstić information content (AvgIpc) is 2.61. The predicted octanol–water partition coefficient (Wildman–Crippen LogP) is 1.71. The lowest BCUT2D eigenvalue weighted by Gasteiger charge is -1.87. The number of H-pyrrole nitrogens is 1. The Bertz CT molecular complexity index is 444. The highest BCUT2D eigenvalue weighted by Gasteiger charge is 2.01. The normalized spacial score (nSPS) is 8.60. The van der Waals surface area contributed by atoms with Crippen LogP contribution in [0.1, 0.15) is 27.7 Å². The Labute approximate surface area is 89.2 Å². The van der Waals surface area contributed by atoms with Crippen LogP contribution in [-0.4, -0.2) is 19.5 Å². The van der Waals surface area contributed by atoms with Crippen molar-refractivity contribution in [3.63, 3.8) is 0 Å². The van der Waals surface area contributed by atoms with E-state index >= 15 is 0 Å². The molecule has 0 atom stereocenters. The van der Waals surface area contributed by atoms with Gasteiger partial charge in [0, 0.05) is 19.4 Å². The maximum absolute atomic E-state index is 11.0. The maximum Gasteiger partial charge on any atom is 0.328 e. The number of imidazole rings is 1. The molecule has 15 heavy (non-hydrogen) atoms. The molecule has 0 spiro atoms. The van der Waals surface area contributed by atoms with Gasteiger partial charge in [0.15, 0.2) is 11.3 Å². The molecule has 2 rings (SSSR count). The topological polar surface area (TPSA) is 63.6 Å². The minimum atomic E-state index is -0.189. The lowest BCUT2D eigenvalue weighted by Crippen LogP contribution is -2.12. The molecule has 1 N–H and O–H groups in total. The summed E-state index contributed by atoms with van der Waals surface area (Å²) in [6.45, 7) is 8.00. The first-order chi connectivity index (χ1) is 7.29. The number of aromatic nitrogens is 4. The largest absolute Gasteiger partial charge is 0.328 e. The number of nitrogens with zero attached hydrogens (tertiary/aromatic N) is 3. The Morgan fingerprint density at radius 2 is 1.67 bits per heavy atom. The van der Waals surface area contributed by atoms with Crippen molar-refractivity contribution >= 4 is 11.3 Å². The number of fused-ring (bicyclic) bond motifs is 1. The standard InChI is InChI=1S/C6H6N4O.2C2H6/c1-10-5-4(9-6(10)11)7-2-3-8-5;2*1-2/h2-3H,1H3,(H,7,9,11);2*1-2H3. The minimum absolute atomic E-state index is 0.189. The van der Waals surface area contributed by atoms with Gasteiger partial charge in [0.05, 0.1) is 0 Å². The van der Waals surface area contributed by atoms with Gasteiger partial charge in [0.25, 0.3) is 0 Å². The van der Waals surface area contributed by atoms with Crippen molar-refractivity contribution in [3.8, 4) is 0 Å². The second kappa shape index (κ2) is 6.75. The number of hydrogen-bond acceptors (Lipinski definition) is 3. The van der Waals surface area contributed by atoms with Crippen LogP contribution in [0.25, 0.3) is 11.3 Å². The summed E-state index contributed by atoms with van der Waals surface area (Å²) in [5, 5.41) is 0. The van der Waals surface area contributed by atoms with E-state index in [0.717, 1.165) is 0 Å². The molecule has 5 heteroatoms. The summed E-state index contributed by atoms with van der Waals surface area (Å²) >= 11 is 0. The molecule has 0 aliphatic carbocycles. The molecule has 5 nitrogen and oxygen atoms in total. The molecule has 0 saturated carbocycles. The fourth-order valence-corrected chi connectivity index (χ4v) is 0.946. The third kappa shape index (κ3) is 2.90. The van der Waals surface area contributed by atoms with Gasteiger partial charge >= 0.3 is 5.69 Å². The summed E-state index contributed by atoms with van der Waals surface area (Å²) in [5.74, 6) is 0. The SMILES string of the molecule is CC.CC.Cn1c(=O)[nH]c2nccnc21. The Kier molecular flexibility index (Phi) is 6.01. The molecule has 0 unspecified atom stereocenters. The van der Waals surface area contributed by atoms with Gasteiger partial charge in [-0.25, -0.2) is 14.8 Å². The zero-order valence-corrected chi connectivity index (χ0v) is 9.90. The highest BCUT2D eigenvalue weighted by atomic mass is 16.1. The van der Waals surface area contributed by atoms with Gasteiger partial charge in [0.2, 0.25) is 0 Å². The highest BCUT2D eigenvalue weighted by molar-refractivity contribution is 5.64. The first-order valence-electron chi connectivity index (χ1n) is 5.15. The minimum Gasteiger partial charge on any atom is -0.289 e. The van der Waals surface area contributed by atoms with Gasteiger partial charge < -0.3 is 0 Å². The number of nitrogens with one attached hydrogen (secondary N) is 1. The van der Waals surface area contributed by atoms with E-state index < -0.39 is 0 Å². The summed E-state index contributed by atoms with van der Waals surface area (Å²) in [6.07, 6.45) is 3.09. The Morgan fingerprint density at radius 3 is 2.20 bits per heavy atom. The molecule has 0 aromatic carbocycles. The molecule has 2 heterocycles. The Balaban J connectivity index is 0.000000442. The molecule has 0 aliphatic heterocycles. The third-order valence-electron chi connectivity index (χ3n) is 1.53. The van der Waals surface area contributed by atoms with Crippen molar-refractivity contribution in [3.05, 3.63) is 22.9 Å². The summed E-state index contributed by atoms with van der Waals surface area (Å²) in [5.41, 5.74) is 0.920. The fraction of sp³-hybridized carbons (Fsp3) is 0.500. The van der Waals surface area contributed by atoms with Crippen molar-refractivity contribution in [1.82, 2.24) is 19.5 Å². The van der Waals surface area contributed by atoms with Gasteiger partial charge in [-0.1, -0.05) is 27.7 Å². The first kappa shape index (κ1) is 13.4. The van der Waals surface area contributed by atoms with Gasteiger partial charge in [-0.2, -0.15) is 0 Å². The van der Waals surface area contributed by atoms with Crippen LogP contribution in [0.15, 0.2) is 17.2 Å². The van der Waals surface area contributed by atoms with Crippen LogP contribution < -0.4 is 5.69 Å². The van der Waals surface area contributed by atoms with E-state index in [0.29, 0.717) is 11.3 Å². The van der Waals surface area contributed by atoms with Gasteiger partial charge in [-0.05, 0) is 0 Å². The highest BCUT2D eigenvalue weighted by Crippen LogP contribution is 1.97. The van der Waals surface area contributed by atoms with E-state index in [2.05, 4.69) is 15.0 Å². The van der Waals surface area contributed by atoms with Crippen molar-refractivity contribution < 1.29 is 0 Å². The summed E-state index contributed by atoms with van der Waals surface area (Å²) < 4.78 is 1.42. The number of aromatic amines is 1. The van der Waals surface area contributed by atoms with E-state index in [1.165, 1.54) is 10.8 Å². The number of rotatable bonds is 0. The maximum atomic E-state index is 11.0. The van der Waals surface area contributed by atoms with Crippen LogP contribution >= 0.6 is 0 Å². The molecule has 0 saturated heterocycles. The first-order valence-corrected chi connectivity index (χ1v) is 5.15. The lowest BCUT2D eigenvalue weighted by atomic mass is 10.7. The molecule has 0 aliphatic rings. The number of hydrogen-bond donors (Lipinski definition) is 1. The molecular weight excluding hydrogens is 192 g/mol. The predicted molar refractivity (Wildman–Crippen MR) is 61.8 cm³/mol. The molecule has 2 aromatic heterocycles. The van der Waals surface area contributed by atoms with Gasteiger partial charge in [-0.15, -0.1) is 0 Å². The van der Waals surface area contributed by atoms with Crippen LogP contribution in [0.3, 0.4) is 0 Å². The Morgan fingerprint density at radius 1 is 1.13 bits per heavy atom. The molecule has 2 aromatic rings. The monoisotopic (exact) mass is 210 g/mol. The van der Waals surface area contributed by atoms with Crippen molar-refractivity contribution in [2.24, 2.45) is 7.05 Å². The lowest BCUT2D eigenvalue weighted by molar-refractivity contribution is 0.879. The second-order valence-corrected chi connectivity index (χ2v) is 2.22. The molecule has 0 fully saturated rings. The zero-order chi connectivity index (χ0) is 11.8. The van der Waals surface area contributed by atoms with E-state index in [9.17, 15) is 4.79 Å². The van der Waals surface area contributed by atoms with Gasteiger partial charge in [0.1, 0.15) is 0 Å². The fourth-order valence-electron chi connectivity index (χ4n) is 0.946. The summed E-state index contributed by atoms with van der Waals surface area (Å²) in [4.78, 5) is 21.4. The molecule has 0 bridgehead atoms. The quantitative estimate of drug-likeness (QED) is 0.720. The summed E-state index contributed by atoms with van der Waals surface area (Å²) in [6, 6.07) is 0. The van der Waals surface area contributed by atoms with Gasteiger partial charge in [-0.3, -0.25) is 9.55 Å². The van der Waals surface area contributed by atoms with E-state index in [1.54, 1.807) is 13.2 Å². The van der Waals surface area contributed by atoms with E-state index in [4.69, 9.17) is 0 Å². The van der Waals surface area contributed by atoms with Crippen molar-refractivity contribution in [2.75, 3.05) is 0 Å². The molecule has 0 radical (unpaired) electrons. The summed E-state index contributed by atoms with van der Waals surface area (Å²) in [7, 11) is 1.65. The molecule has 0 amide bonds. The third-order valence-corrected chi connectivity index (χ3v) is 1.53.